The second-order valence-electron chi connectivity index (χ2n) is 5.50. The first kappa shape index (κ1) is 14.6. The van der Waals surface area contributed by atoms with E-state index in [4.69, 9.17) is 5.11 Å². The number of carbonyl (C=O) groups is 1. The Hall–Kier alpha value is -1.85. The highest BCUT2D eigenvalue weighted by Crippen LogP contribution is 2.23. The fraction of sp³-hybridized carbons (Fsp3) is 0.643. The molecule has 0 aromatic carbocycles. The van der Waals surface area contributed by atoms with E-state index in [-0.39, 0.29) is 24.1 Å². The van der Waals surface area contributed by atoms with Crippen molar-refractivity contribution in [3.8, 4) is 0 Å². The van der Waals surface area contributed by atoms with Crippen LogP contribution in [0.25, 0.3) is 0 Å². The van der Waals surface area contributed by atoms with Crippen LogP contribution >= 0.6 is 0 Å². The van der Waals surface area contributed by atoms with Crippen LogP contribution in [0.4, 0.5) is 5.82 Å². The van der Waals surface area contributed by atoms with E-state index in [0.29, 0.717) is 12.4 Å². The van der Waals surface area contributed by atoms with E-state index in [9.17, 15) is 9.59 Å². The van der Waals surface area contributed by atoms with Gasteiger partial charge in [-0.25, -0.2) is 4.98 Å². The lowest BCUT2D eigenvalue weighted by atomic mass is 9.99. The number of carboxylic acids is 1. The first-order valence-corrected chi connectivity index (χ1v) is 7.06. The number of aromatic nitrogens is 2. The molecule has 1 saturated heterocycles. The summed E-state index contributed by atoms with van der Waals surface area (Å²) in [7, 11) is 0. The molecule has 0 radical (unpaired) electrons. The van der Waals surface area contributed by atoms with E-state index in [1.165, 1.54) is 0 Å². The van der Waals surface area contributed by atoms with E-state index in [1.54, 1.807) is 17.0 Å². The van der Waals surface area contributed by atoms with E-state index < -0.39 is 5.97 Å². The van der Waals surface area contributed by atoms with Gasteiger partial charge in [-0.2, -0.15) is 0 Å². The van der Waals surface area contributed by atoms with Crippen LogP contribution in [0.3, 0.4) is 0 Å². The highest BCUT2D eigenvalue weighted by atomic mass is 16.4. The van der Waals surface area contributed by atoms with E-state index in [0.717, 1.165) is 19.3 Å². The molecule has 2 rings (SSSR count). The van der Waals surface area contributed by atoms with Crippen molar-refractivity contribution < 1.29 is 9.90 Å². The van der Waals surface area contributed by atoms with E-state index in [1.807, 2.05) is 18.7 Å². The van der Waals surface area contributed by atoms with Crippen molar-refractivity contribution in [3.63, 3.8) is 0 Å². The standard InChI is InChI=1S/C14H21N3O3/c1-10(2)16-8-6-15-13(14(16)20)17-7-4-3-5-11(17)9-12(18)19/h6,8,10-11H,3-5,7,9H2,1-2H3,(H,18,19). The highest BCUT2D eigenvalue weighted by Gasteiger charge is 2.27. The average Bonchev–Trinajstić information content (AvgIpc) is 2.39. The second-order valence-corrected chi connectivity index (χ2v) is 5.50. The van der Waals surface area contributed by atoms with Crippen molar-refractivity contribution in [1.29, 1.82) is 0 Å². The smallest absolute Gasteiger partial charge is 0.305 e. The number of anilines is 1. The SMILES string of the molecule is CC(C)n1ccnc(N2CCCCC2CC(=O)O)c1=O. The van der Waals surface area contributed by atoms with Gasteiger partial charge in [-0.15, -0.1) is 0 Å². The molecule has 1 aliphatic rings. The zero-order valence-electron chi connectivity index (χ0n) is 12.0. The molecule has 1 N–H and O–H groups in total. The third kappa shape index (κ3) is 3.00. The lowest BCUT2D eigenvalue weighted by molar-refractivity contribution is -0.137. The molecule has 0 saturated carbocycles. The van der Waals surface area contributed by atoms with Crippen molar-refractivity contribution in [3.05, 3.63) is 22.7 Å². The highest BCUT2D eigenvalue weighted by molar-refractivity contribution is 5.68. The minimum atomic E-state index is -0.831. The van der Waals surface area contributed by atoms with E-state index >= 15 is 0 Å². The predicted octanol–water partition coefficient (Wildman–Crippen LogP) is 1.66. The van der Waals surface area contributed by atoms with Crippen LogP contribution in [0.1, 0.15) is 45.6 Å². The van der Waals surface area contributed by atoms with Crippen LogP contribution in [0.15, 0.2) is 17.2 Å². The van der Waals surface area contributed by atoms with Gasteiger partial charge in [0.05, 0.1) is 6.42 Å². The third-order valence-corrected chi connectivity index (χ3v) is 3.72. The van der Waals surface area contributed by atoms with Gasteiger partial charge in [0, 0.05) is 31.0 Å². The maximum Gasteiger partial charge on any atom is 0.305 e. The predicted molar refractivity (Wildman–Crippen MR) is 76.1 cm³/mol. The number of carboxylic acid groups (broad SMARTS) is 1. The van der Waals surface area contributed by atoms with Crippen LogP contribution in [0, 0.1) is 0 Å². The molecule has 1 aromatic heterocycles. The minimum Gasteiger partial charge on any atom is -0.481 e. The first-order valence-electron chi connectivity index (χ1n) is 7.06. The lowest BCUT2D eigenvalue weighted by Gasteiger charge is -2.35. The first-order chi connectivity index (χ1) is 9.50. The molecular weight excluding hydrogens is 258 g/mol. The molecule has 0 spiro atoms. The van der Waals surface area contributed by atoms with Crippen molar-refractivity contribution in [2.45, 2.75) is 51.6 Å². The molecule has 6 heteroatoms. The fourth-order valence-corrected chi connectivity index (χ4v) is 2.71. The molecule has 1 fully saturated rings. The fourth-order valence-electron chi connectivity index (χ4n) is 2.71. The van der Waals surface area contributed by atoms with Crippen LogP contribution in [-0.4, -0.2) is 33.2 Å². The molecule has 20 heavy (non-hydrogen) atoms. The van der Waals surface area contributed by atoms with Crippen molar-refractivity contribution in [2.75, 3.05) is 11.4 Å². The van der Waals surface area contributed by atoms with Gasteiger partial charge in [-0.3, -0.25) is 9.59 Å². The van der Waals surface area contributed by atoms with Crippen molar-refractivity contribution in [1.82, 2.24) is 9.55 Å². The van der Waals surface area contributed by atoms with Gasteiger partial charge >= 0.3 is 5.97 Å². The Bertz CT molecular complexity index is 539. The summed E-state index contributed by atoms with van der Waals surface area (Å²) in [6.45, 7) is 4.58. The Morgan fingerprint density at radius 2 is 2.25 bits per heavy atom. The van der Waals surface area contributed by atoms with Crippen LogP contribution in [0.5, 0.6) is 0 Å². The zero-order valence-corrected chi connectivity index (χ0v) is 12.0. The summed E-state index contributed by atoms with van der Waals surface area (Å²) in [6.07, 6.45) is 6.10. The number of hydrogen-bond donors (Lipinski definition) is 1. The Labute approximate surface area is 118 Å². The molecule has 1 unspecified atom stereocenters. The Kier molecular flexibility index (Phi) is 4.42. The molecule has 1 atom stereocenters. The number of hydrogen-bond acceptors (Lipinski definition) is 4. The summed E-state index contributed by atoms with van der Waals surface area (Å²) in [5, 5.41) is 9.01. The maximum atomic E-state index is 12.5. The number of rotatable bonds is 4. The van der Waals surface area contributed by atoms with Gasteiger partial charge in [0.2, 0.25) is 0 Å². The molecule has 1 aliphatic heterocycles. The number of aliphatic carboxylic acids is 1. The maximum absolute atomic E-state index is 12.5. The lowest BCUT2D eigenvalue weighted by Crippen LogP contribution is -2.45. The van der Waals surface area contributed by atoms with Gasteiger partial charge in [-0.1, -0.05) is 0 Å². The zero-order chi connectivity index (χ0) is 14.7. The quantitative estimate of drug-likeness (QED) is 0.907. The number of nitrogens with zero attached hydrogens (tertiary/aromatic N) is 3. The van der Waals surface area contributed by atoms with Gasteiger partial charge in [0.15, 0.2) is 5.82 Å². The summed E-state index contributed by atoms with van der Waals surface area (Å²) < 4.78 is 1.63. The second kappa shape index (κ2) is 6.07. The molecule has 1 aromatic rings. The van der Waals surface area contributed by atoms with Crippen LogP contribution in [0.2, 0.25) is 0 Å². The van der Waals surface area contributed by atoms with Gasteiger partial charge in [-0.05, 0) is 33.1 Å². The molecular formula is C14H21N3O3. The molecule has 110 valence electrons. The molecule has 0 bridgehead atoms. The van der Waals surface area contributed by atoms with Gasteiger partial charge in [0.1, 0.15) is 0 Å². The normalized spacial score (nSPS) is 19.4. The Morgan fingerprint density at radius 1 is 1.50 bits per heavy atom. The van der Waals surface area contributed by atoms with Gasteiger partial charge in [0.25, 0.3) is 5.56 Å². The minimum absolute atomic E-state index is 0.0533. The van der Waals surface area contributed by atoms with Crippen LogP contribution in [-0.2, 0) is 4.79 Å². The Morgan fingerprint density at radius 3 is 2.90 bits per heavy atom. The summed E-state index contributed by atoms with van der Waals surface area (Å²) in [5.74, 6) is -0.450. The molecule has 0 amide bonds. The average molecular weight is 279 g/mol. The topological polar surface area (TPSA) is 75.4 Å². The molecule has 0 aliphatic carbocycles. The summed E-state index contributed by atoms with van der Waals surface area (Å²) >= 11 is 0. The van der Waals surface area contributed by atoms with Crippen molar-refractivity contribution >= 4 is 11.8 Å². The largest absolute Gasteiger partial charge is 0.481 e. The van der Waals surface area contributed by atoms with Crippen molar-refractivity contribution in [2.24, 2.45) is 0 Å². The van der Waals surface area contributed by atoms with E-state index in [2.05, 4.69) is 4.98 Å². The molecule has 6 nitrogen and oxygen atoms in total. The summed E-state index contributed by atoms with van der Waals surface area (Å²) in [6, 6.07) is -0.0728. The summed E-state index contributed by atoms with van der Waals surface area (Å²) in [4.78, 5) is 29.5. The van der Waals surface area contributed by atoms with Gasteiger partial charge < -0.3 is 14.6 Å². The van der Waals surface area contributed by atoms with Crippen LogP contribution < -0.4 is 10.5 Å². The Balaban J connectivity index is 2.35. The molecule has 2 heterocycles. The summed E-state index contributed by atoms with van der Waals surface area (Å²) in [5.41, 5.74) is -0.139. The third-order valence-electron chi connectivity index (χ3n) is 3.72. The number of piperidine rings is 1. The monoisotopic (exact) mass is 279 g/mol.